The van der Waals surface area contributed by atoms with E-state index in [1.807, 2.05) is 0 Å². The molecule has 2 rings (SSSR count). The molecule has 0 radical (unpaired) electrons. The maximum Gasteiger partial charge on any atom is 0.317 e. The van der Waals surface area contributed by atoms with Gasteiger partial charge < -0.3 is 19.7 Å². The van der Waals surface area contributed by atoms with E-state index in [2.05, 4.69) is 5.32 Å². The average Bonchev–Trinajstić information content (AvgIpc) is 2.66. The molecule has 0 bridgehead atoms. The molecule has 0 aromatic rings. The molecular formula is C11H20N2O3. The molecule has 16 heavy (non-hydrogen) atoms. The Hall–Kier alpha value is -0.810. The van der Waals surface area contributed by atoms with Gasteiger partial charge in [-0.05, 0) is 19.3 Å². The Morgan fingerprint density at radius 1 is 1.19 bits per heavy atom. The van der Waals surface area contributed by atoms with Crippen LogP contribution in [0.2, 0.25) is 0 Å². The molecule has 5 heteroatoms. The van der Waals surface area contributed by atoms with E-state index >= 15 is 0 Å². The van der Waals surface area contributed by atoms with Gasteiger partial charge in [0.2, 0.25) is 0 Å². The van der Waals surface area contributed by atoms with E-state index in [0.29, 0.717) is 19.1 Å². The molecule has 1 aliphatic carbocycles. The van der Waals surface area contributed by atoms with Crippen LogP contribution >= 0.6 is 0 Å². The average molecular weight is 228 g/mol. The first-order valence-corrected chi connectivity index (χ1v) is 5.85. The SMILES string of the molecule is COC1CN(C(=O)NC2CCC2)CC1OC. The Morgan fingerprint density at radius 3 is 2.12 bits per heavy atom. The summed E-state index contributed by atoms with van der Waals surface area (Å²) in [6, 6.07) is 0.404. The molecule has 2 atom stereocenters. The van der Waals surface area contributed by atoms with E-state index in [0.717, 1.165) is 12.8 Å². The molecule has 1 N–H and O–H groups in total. The van der Waals surface area contributed by atoms with Gasteiger partial charge in [0.15, 0.2) is 0 Å². The predicted molar refractivity (Wildman–Crippen MR) is 59.3 cm³/mol. The lowest BCUT2D eigenvalue weighted by molar-refractivity contribution is -0.00461. The highest BCUT2D eigenvalue weighted by Gasteiger charge is 2.36. The smallest absolute Gasteiger partial charge is 0.317 e. The highest BCUT2D eigenvalue weighted by Crippen LogP contribution is 2.20. The van der Waals surface area contributed by atoms with Crippen molar-refractivity contribution in [2.45, 2.75) is 37.5 Å². The fourth-order valence-corrected chi connectivity index (χ4v) is 2.18. The van der Waals surface area contributed by atoms with Crippen molar-refractivity contribution in [3.8, 4) is 0 Å². The number of amides is 2. The van der Waals surface area contributed by atoms with Crippen LogP contribution in [0.1, 0.15) is 19.3 Å². The zero-order valence-electron chi connectivity index (χ0n) is 9.94. The van der Waals surface area contributed by atoms with Crippen LogP contribution in [-0.4, -0.2) is 56.5 Å². The lowest BCUT2D eigenvalue weighted by Gasteiger charge is -2.28. The minimum atomic E-state index is -0.00265. The summed E-state index contributed by atoms with van der Waals surface area (Å²) < 4.78 is 10.6. The summed E-state index contributed by atoms with van der Waals surface area (Å²) in [5, 5.41) is 3.02. The molecule has 1 aliphatic heterocycles. The van der Waals surface area contributed by atoms with Crippen molar-refractivity contribution in [2.24, 2.45) is 0 Å². The molecule has 0 spiro atoms. The first kappa shape index (κ1) is 11.7. The van der Waals surface area contributed by atoms with Crippen LogP contribution in [0.15, 0.2) is 0 Å². The van der Waals surface area contributed by atoms with Crippen molar-refractivity contribution in [3.63, 3.8) is 0 Å². The van der Waals surface area contributed by atoms with Gasteiger partial charge in [-0.1, -0.05) is 0 Å². The van der Waals surface area contributed by atoms with Crippen LogP contribution in [0.25, 0.3) is 0 Å². The van der Waals surface area contributed by atoms with Crippen LogP contribution in [0.3, 0.4) is 0 Å². The molecule has 0 aromatic heterocycles. The normalized spacial score (nSPS) is 30.2. The van der Waals surface area contributed by atoms with Crippen LogP contribution in [0.4, 0.5) is 4.79 Å². The van der Waals surface area contributed by atoms with Crippen molar-refractivity contribution in [1.82, 2.24) is 10.2 Å². The maximum atomic E-state index is 11.9. The molecule has 92 valence electrons. The van der Waals surface area contributed by atoms with Gasteiger partial charge in [0, 0.05) is 20.3 Å². The van der Waals surface area contributed by atoms with E-state index in [1.54, 1.807) is 19.1 Å². The van der Waals surface area contributed by atoms with Crippen LogP contribution < -0.4 is 5.32 Å². The second-order valence-electron chi connectivity index (χ2n) is 4.53. The maximum absolute atomic E-state index is 11.9. The summed E-state index contributed by atoms with van der Waals surface area (Å²) in [6.45, 7) is 1.24. The largest absolute Gasteiger partial charge is 0.377 e. The summed E-state index contributed by atoms with van der Waals surface area (Å²) in [6.07, 6.45) is 3.45. The van der Waals surface area contributed by atoms with Crippen LogP contribution in [0, 0.1) is 0 Å². The van der Waals surface area contributed by atoms with E-state index in [1.165, 1.54) is 6.42 Å². The Balaban J connectivity index is 1.83. The molecule has 2 aliphatic rings. The second kappa shape index (κ2) is 5.01. The summed E-state index contributed by atoms with van der Waals surface area (Å²) >= 11 is 0. The standard InChI is InChI=1S/C11H20N2O3/c1-15-9-6-13(7-10(9)16-2)11(14)12-8-4-3-5-8/h8-10H,3-7H2,1-2H3,(H,12,14). The third kappa shape index (κ3) is 2.30. The number of ether oxygens (including phenoxy) is 2. The van der Waals surface area contributed by atoms with Gasteiger partial charge in [0.05, 0.1) is 13.1 Å². The third-order valence-corrected chi connectivity index (χ3v) is 3.54. The van der Waals surface area contributed by atoms with Crippen molar-refractivity contribution in [1.29, 1.82) is 0 Å². The van der Waals surface area contributed by atoms with Crippen molar-refractivity contribution >= 4 is 6.03 Å². The molecule has 2 fully saturated rings. The number of nitrogens with one attached hydrogen (secondary N) is 1. The van der Waals surface area contributed by atoms with Crippen LogP contribution in [-0.2, 0) is 9.47 Å². The van der Waals surface area contributed by atoms with Crippen molar-refractivity contribution in [2.75, 3.05) is 27.3 Å². The summed E-state index contributed by atoms with van der Waals surface area (Å²) in [4.78, 5) is 13.7. The van der Waals surface area contributed by atoms with E-state index < -0.39 is 0 Å². The first-order chi connectivity index (χ1) is 7.74. The molecule has 2 amide bonds. The molecule has 1 saturated heterocycles. The van der Waals surface area contributed by atoms with Crippen molar-refractivity contribution < 1.29 is 14.3 Å². The number of hydrogen-bond acceptors (Lipinski definition) is 3. The number of nitrogens with zero attached hydrogens (tertiary/aromatic N) is 1. The first-order valence-electron chi connectivity index (χ1n) is 5.85. The zero-order valence-corrected chi connectivity index (χ0v) is 9.94. The van der Waals surface area contributed by atoms with E-state index in [9.17, 15) is 4.79 Å². The Bertz CT molecular complexity index is 244. The monoisotopic (exact) mass is 228 g/mol. The van der Waals surface area contributed by atoms with Crippen molar-refractivity contribution in [3.05, 3.63) is 0 Å². The Labute approximate surface area is 96.1 Å². The lowest BCUT2D eigenvalue weighted by Crippen LogP contribution is -2.46. The minimum absolute atomic E-state index is 0.00265. The van der Waals surface area contributed by atoms with Gasteiger partial charge >= 0.3 is 6.03 Å². The topological polar surface area (TPSA) is 50.8 Å². The number of hydrogen-bond donors (Lipinski definition) is 1. The molecule has 5 nitrogen and oxygen atoms in total. The molecule has 0 aromatic carbocycles. The van der Waals surface area contributed by atoms with Gasteiger partial charge in [-0.25, -0.2) is 4.79 Å². The molecule has 1 saturated carbocycles. The predicted octanol–water partition coefficient (Wildman–Crippen LogP) is 0.594. The zero-order chi connectivity index (χ0) is 11.5. The number of carbonyl (C=O) groups excluding carboxylic acids is 1. The fraction of sp³-hybridized carbons (Fsp3) is 0.909. The summed E-state index contributed by atoms with van der Waals surface area (Å²) in [5.41, 5.74) is 0. The highest BCUT2D eigenvalue weighted by atomic mass is 16.5. The third-order valence-electron chi connectivity index (χ3n) is 3.54. The number of likely N-dealkylation sites (tertiary alicyclic amines) is 1. The minimum Gasteiger partial charge on any atom is -0.377 e. The van der Waals surface area contributed by atoms with Gasteiger partial charge in [-0.15, -0.1) is 0 Å². The fourth-order valence-electron chi connectivity index (χ4n) is 2.18. The Kier molecular flexibility index (Phi) is 3.66. The number of methoxy groups -OCH3 is 2. The summed E-state index contributed by atoms with van der Waals surface area (Å²) in [5.74, 6) is 0. The molecule has 2 unspecified atom stereocenters. The lowest BCUT2D eigenvalue weighted by atomic mass is 9.93. The number of rotatable bonds is 3. The number of urea groups is 1. The number of carbonyl (C=O) groups is 1. The van der Waals surface area contributed by atoms with Gasteiger partial charge in [-0.2, -0.15) is 0 Å². The quantitative estimate of drug-likeness (QED) is 0.769. The molecular weight excluding hydrogens is 208 g/mol. The van der Waals surface area contributed by atoms with E-state index in [4.69, 9.17) is 9.47 Å². The van der Waals surface area contributed by atoms with Crippen LogP contribution in [0.5, 0.6) is 0 Å². The van der Waals surface area contributed by atoms with Gasteiger partial charge in [0.1, 0.15) is 12.2 Å². The van der Waals surface area contributed by atoms with Gasteiger partial charge in [-0.3, -0.25) is 0 Å². The Morgan fingerprint density at radius 2 is 1.75 bits per heavy atom. The van der Waals surface area contributed by atoms with Gasteiger partial charge in [0.25, 0.3) is 0 Å². The highest BCUT2D eigenvalue weighted by molar-refractivity contribution is 5.75. The molecule has 1 heterocycles. The summed E-state index contributed by atoms with van der Waals surface area (Å²) in [7, 11) is 3.31. The van der Waals surface area contributed by atoms with E-state index in [-0.39, 0.29) is 18.2 Å². The second-order valence-corrected chi connectivity index (χ2v) is 4.53.